The van der Waals surface area contributed by atoms with E-state index in [9.17, 15) is 4.79 Å². The fraction of sp³-hybridized carbons (Fsp3) is 0.462. The Hall–Kier alpha value is -0.410. The van der Waals surface area contributed by atoms with Crippen LogP contribution >= 0.6 is 27.3 Å². The minimum Gasteiger partial charge on any atom is -0.294 e. The number of ketones is 1. The van der Waals surface area contributed by atoms with Crippen molar-refractivity contribution in [3.8, 4) is 0 Å². The molecule has 1 aromatic heterocycles. The van der Waals surface area contributed by atoms with E-state index >= 15 is 0 Å². The monoisotopic (exact) mass is 298 g/mol. The molecule has 1 aliphatic carbocycles. The highest BCUT2D eigenvalue weighted by Gasteiger charge is 2.10. The van der Waals surface area contributed by atoms with E-state index in [0.717, 1.165) is 22.2 Å². The van der Waals surface area contributed by atoms with Crippen molar-refractivity contribution in [3.05, 3.63) is 32.4 Å². The van der Waals surface area contributed by atoms with Gasteiger partial charge in [-0.05, 0) is 59.1 Å². The lowest BCUT2D eigenvalue weighted by Crippen LogP contribution is -2.02. The fourth-order valence-electron chi connectivity index (χ4n) is 2.04. The summed E-state index contributed by atoms with van der Waals surface area (Å²) in [4.78, 5) is 13.0. The van der Waals surface area contributed by atoms with Gasteiger partial charge in [-0.25, -0.2) is 0 Å². The molecule has 86 valence electrons. The standard InChI is InChI=1S/C13H15BrOS/c14-12-6-7-16-13(12)9-11(15)8-10-4-2-1-3-5-10/h6-8H,1-5,9H2. The first-order chi connectivity index (χ1) is 7.75. The van der Waals surface area contributed by atoms with E-state index in [1.807, 2.05) is 17.5 Å². The van der Waals surface area contributed by atoms with Gasteiger partial charge in [0.15, 0.2) is 5.78 Å². The van der Waals surface area contributed by atoms with Gasteiger partial charge in [0.05, 0.1) is 0 Å². The Labute approximate surface area is 109 Å². The lowest BCUT2D eigenvalue weighted by Gasteiger charge is -2.12. The molecule has 1 aliphatic rings. The second-order valence-electron chi connectivity index (χ2n) is 4.20. The molecule has 1 heterocycles. The van der Waals surface area contributed by atoms with Crippen molar-refractivity contribution < 1.29 is 4.79 Å². The molecular formula is C13H15BrOS. The summed E-state index contributed by atoms with van der Waals surface area (Å²) in [6, 6.07) is 2.00. The zero-order valence-electron chi connectivity index (χ0n) is 9.17. The molecule has 2 rings (SSSR count). The first kappa shape index (κ1) is 12.1. The number of allylic oxidation sites excluding steroid dienone is 2. The van der Waals surface area contributed by atoms with Crippen molar-refractivity contribution in [3.63, 3.8) is 0 Å². The summed E-state index contributed by atoms with van der Waals surface area (Å²) < 4.78 is 1.06. The number of carbonyl (C=O) groups excluding carboxylic acids is 1. The highest BCUT2D eigenvalue weighted by molar-refractivity contribution is 9.10. The number of hydrogen-bond acceptors (Lipinski definition) is 2. The van der Waals surface area contributed by atoms with Crippen LogP contribution in [-0.2, 0) is 11.2 Å². The third-order valence-electron chi connectivity index (χ3n) is 2.89. The van der Waals surface area contributed by atoms with Gasteiger partial charge in [0, 0.05) is 15.8 Å². The topological polar surface area (TPSA) is 17.1 Å². The van der Waals surface area contributed by atoms with Gasteiger partial charge in [0.25, 0.3) is 0 Å². The smallest absolute Gasteiger partial charge is 0.160 e. The van der Waals surface area contributed by atoms with Crippen LogP contribution in [0, 0.1) is 0 Å². The molecule has 0 amide bonds. The molecule has 1 nitrogen and oxygen atoms in total. The van der Waals surface area contributed by atoms with Gasteiger partial charge in [-0.1, -0.05) is 12.0 Å². The van der Waals surface area contributed by atoms with Crippen LogP contribution in [0.1, 0.15) is 37.0 Å². The molecule has 0 N–H and O–H groups in total. The minimum absolute atomic E-state index is 0.250. The zero-order valence-corrected chi connectivity index (χ0v) is 11.6. The lowest BCUT2D eigenvalue weighted by molar-refractivity contribution is -0.114. The molecule has 0 saturated heterocycles. The molecule has 0 atom stereocenters. The van der Waals surface area contributed by atoms with Crippen LogP contribution in [0.4, 0.5) is 0 Å². The Morgan fingerprint density at radius 1 is 1.38 bits per heavy atom. The summed E-state index contributed by atoms with van der Waals surface area (Å²) in [6.45, 7) is 0. The Kier molecular flexibility index (Phi) is 4.36. The quantitative estimate of drug-likeness (QED) is 0.750. The maximum absolute atomic E-state index is 11.8. The first-order valence-corrected chi connectivity index (χ1v) is 7.37. The van der Waals surface area contributed by atoms with Crippen LogP contribution in [0.3, 0.4) is 0 Å². The van der Waals surface area contributed by atoms with Crippen molar-refractivity contribution in [1.29, 1.82) is 0 Å². The van der Waals surface area contributed by atoms with Crippen LogP contribution < -0.4 is 0 Å². The highest BCUT2D eigenvalue weighted by atomic mass is 79.9. The van der Waals surface area contributed by atoms with Crippen LogP contribution in [0.2, 0.25) is 0 Å². The van der Waals surface area contributed by atoms with Crippen molar-refractivity contribution in [2.24, 2.45) is 0 Å². The molecule has 0 aromatic carbocycles. The average Bonchev–Trinajstić information content (AvgIpc) is 2.66. The summed E-state index contributed by atoms with van der Waals surface area (Å²) in [5, 5.41) is 2.01. The van der Waals surface area contributed by atoms with Crippen molar-refractivity contribution in [1.82, 2.24) is 0 Å². The van der Waals surface area contributed by atoms with Gasteiger partial charge in [0.2, 0.25) is 0 Å². The largest absolute Gasteiger partial charge is 0.294 e. The summed E-state index contributed by atoms with van der Waals surface area (Å²) in [6.07, 6.45) is 8.49. The number of carbonyl (C=O) groups is 1. The van der Waals surface area contributed by atoms with Gasteiger partial charge in [-0.2, -0.15) is 0 Å². The number of halogens is 1. The second-order valence-corrected chi connectivity index (χ2v) is 6.05. The Morgan fingerprint density at radius 3 is 2.75 bits per heavy atom. The Balaban J connectivity index is 1.95. The summed E-state index contributed by atoms with van der Waals surface area (Å²) in [5.41, 5.74) is 1.35. The van der Waals surface area contributed by atoms with E-state index in [1.54, 1.807) is 11.3 Å². The molecule has 0 aliphatic heterocycles. The molecule has 1 saturated carbocycles. The predicted octanol–water partition coefficient (Wildman–Crippen LogP) is 4.51. The summed E-state index contributed by atoms with van der Waals surface area (Å²) in [5.74, 6) is 0.250. The van der Waals surface area contributed by atoms with E-state index in [-0.39, 0.29) is 5.78 Å². The molecular weight excluding hydrogens is 284 g/mol. The van der Waals surface area contributed by atoms with Crippen molar-refractivity contribution in [2.45, 2.75) is 38.5 Å². The van der Waals surface area contributed by atoms with E-state index < -0.39 is 0 Å². The molecule has 0 unspecified atom stereocenters. The van der Waals surface area contributed by atoms with Gasteiger partial charge in [-0.3, -0.25) is 4.79 Å². The third kappa shape index (κ3) is 3.29. The average molecular weight is 299 g/mol. The third-order valence-corrected chi connectivity index (χ3v) is 4.81. The van der Waals surface area contributed by atoms with Crippen LogP contribution in [0.25, 0.3) is 0 Å². The van der Waals surface area contributed by atoms with E-state index in [4.69, 9.17) is 0 Å². The molecule has 1 fully saturated rings. The van der Waals surface area contributed by atoms with E-state index in [1.165, 1.54) is 24.8 Å². The number of hydrogen-bond donors (Lipinski definition) is 0. The van der Waals surface area contributed by atoms with E-state index in [2.05, 4.69) is 15.9 Å². The molecule has 3 heteroatoms. The van der Waals surface area contributed by atoms with Crippen LogP contribution in [0.5, 0.6) is 0 Å². The molecule has 16 heavy (non-hydrogen) atoms. The van der Waals surface area contributed by atoms with Crippen LogP contribution in [-0.4, -0.2) is 5.78 Å². The number of thiophene rings is 1. The lowest BCUT2D eigenvalue weighted by atomic mass is 9.94. The zero-order chi connectivity index (χ0) is 11.4. The molecule has 1 aromatic rings. The van der Waals surface area contributed by atoms with Gasteiger partial charge < -0.3 is 0 Å². The normalized spacial score (nSPS) is 16.2. The van der Waals surface area contributed by atoms with Crippen molar-refractivity contribution in [2.75, 3.05) is 0 Å². The molecule has 0 spiro atoms. The van der Waals surface area contributed by atoms with Crippen LogP contribution in [0.15, 0.2) is 27.6 Å². The summed E-state index contributed by atoms with van der Waals surface area (Å²) >= 11 is 5.10. The molecule has 0 bridgehead atoms. The number of rotatable bonds is 3. The van der Waals surface area contributed by atoms with E-state index in [0.29, 0.717) is 6.42 Å². The van der Waals surface area contributed by atoms with Crippen molar-refractivity contribution >= 4 is 33.0 Å². The maximum Gasteiger partial charge on any atom is 0.160 e. The Morgan fingerprint density at radius 2 is 2.12 bits per heavy atom. The van der Waals surface area contributed by atoms with Gasteiger partial charge >= 0.3 is 0 Å². The predicted molar refractivity (Wildman–Crippen MR) is 71.9 cm³/mol. The SMILES string of the molecule is O=C(C=C1CCCCC1)Cc1sccc1Br. The summed E-state index contributed by atoms with van der Waals surface area (Å²) in [7, 11) is 0. The maximum atomic E-state index is 11.8. The first-order valence-electron chi connectivity index (χ1n) is 5.70. The van der Waals surface area contributed by atoms with Gasteiger partial charge in [-0.15, -0.1) is 11.3 Å². The Bertz CT molecular complexity index is 398. The highest BCUT2D eigenvalue weighted by Crippen LogP contribution is 2.25. The molecule has 0 radical (unpaired) electrons. The fourth-order valence-corrected chi connectivity index (χ4v) is 3.54. The minimum atomic E-state index is 0.250. The van der Waals surface area contributed by atoms with Gasteiger partial charge in [0.1, 0.15) is 0 Å². The second kappa shape index (κ2) is 5.78.